The number of carbonyl (C=O) groups excluding carboxylic acids is 1. The van der Waals surface area contributed by atoms with Gasteiger partial charge in [-0.05, 0) is 24.6 Å². The normalized spacial score (nSPS) is 12.2. The summed E-state index contributed by atoms with van der Waals surface area (Å²) < 4.78 is 56.0. The number of ether oxygens (including phenoxy) is 1. The van der Waals surface area contributed by atoms with E-state index in [2.05, 4.69) is 4.74 Å². The number of esters is 1. The summed E-state index contributed by atoms with van der Waals surface area (Å²) in [7, 11) is -3.11. The molecule has 0 atom stereocenters. The van der Waals surface area contributed by atoms with E-state index in [-0.39, 0.29) is 16.0 Å². The molecule has 0 spiro atoms. The largest absolute Gasteiger partial charge is 0.465 e. The van der Waals surface area contributed by atoms with Gasteiger partial charge in [-0.15, -0.1) is 0 Å². The van der Waals surface area contributed by atoms with Crippen molar-refractivity contribution in [3.05, 3.63) is 29.3 Å². The van der Waals surface area contributed by atoms with Crippen molar-refractivity contribution in [3.63, 3.8) is 0 Å². The third-order valence-electron chi connectivity index (χ3n) is 2.65. The number of benzene rings is 1. The SMILES string of the molecule is COC(=O)c1ccc(C)c(S(=O)(=O)NCC(F)(F)CO)c1. The van der Waals surface area contributed by atoms with Crippen molar-refractivity contribution < 1.29 is 31.8 Å². The highest BCUT2D eigenvalue weighted by atomic mass is 32.2. The van der Waals surface area contributed by atoms with Crippen LogP contribution in [0.15, 0.2) is 23.1 Å². The van der Waals surface area contributed by atoms with Crippen molar-refractivity contribution in [2.24, 2.45) is 0 Å². The number of carbonyl (C=O) groups is 1. The molecule has 1 aromatic carbocycles. The number of aliphatic hydroxyl groups excluding tert-OH is 1. The zero-order valence-electron chi connectivity index (χ0n) is 11.4. The lowest BCUT2D eigenvalue weighted by Crippen LogP contribution is -2.39. The summed E-state index contributed by atoms with van der Waals surface area (Å²) in [6, 6.07) is 3.77. The topological polar surface area (TPSA) is 92.7 Å². The van der Waals surface area contributed by atoms with Gasteiger partial charge in [-0.25, -0.2) is 26.7 Å². The summed E-state index contributed by atoms with van der Waals surface area (Å²) in [5.74, 6) is -4.31. The van der Waals surface area contributed by atoms with Gasteiger partial charge < -0.3 is 9.84 Å². The molecule has 0 radical (unpaired) electrons. The Morgan fingerprint density at radius 1 is 1.43 bits per heavy atom. The predicted octanol–water partition coefficient (Wildman–Crippen LogP) is 0.688. The first kappa shape index (κ1) is 17.5. The van der Waals surface area contributed by atoms with Gasteiger partial charge in [0.05, 0.1) is 24.1 Å². The maximum atomic E-state index is 12.9. The van der Waals surface area contributed by atoms with Crippen LogP contribution in [0.1, 0.15) is 15.9 Å². The molecule has 0 saturated carbocycles. The second-order valence-corrected chi connectivity index (χ2v) is 6.05. The number of methoxy groups -OCH3 is 1. The van der Waals surface area contributed by atoms with Gasteiger partial charge in [0.15, 0.2) is 0 Å². The van der Waals surface area contributed by atoms with E-state index < -0.39 is 35.1 Å². The fraction of sp³-hybridized carbons (Fsp3) is 0.417. The van der Waals surface area contributed by atoms with Crippen molar-refractivity contribution in [1.29, 1.82) is 0 Å². The van der Waals surface area contributed by atoms with Gasteiger partial charge in [0, 0.05) is 0 Å². The summed E-state index contributed by atoms with van der Waals surface area (Å²) in [5.41, 5.74) is 0.264. The Morgan fingerprint density at radius 2 is 2.05 bits per heavy atom. The third kappa shape index (κ3) is 4.45. The number of sulfonamides is 1. The van der Waals surface area contributed by atoms with Gasteiger partial charge in [-0.3, -0.25) is 0 Å². The minimum absolute atomic E-state index is 0.0163. The summed E-state index contributed by atoms with van der Waals surface area (Å²) in [6.45, 7) is -1.26. The Balaban J connectivity index is 3.10. The summed E-state index contributed by atoms with van der Waals surface area (Å²) in [5, 5.41) is 8.42. The van der Waals surface area contributed by atoms with E-state index in [4.69, 9.17) is 5.11 Å². The van der Waals surface area contributed by atoms with Crippen LogP contribution in [-0.4, -0.2) is 45.7 Å². The van der Waals surface area contributed by atoms with E-state index >= 15 is 0 Å². The number of alkyl halides is 2. The van der Waals surface area contributed by atoms with Crippen LogP contribution < -0.4 is 4.72 Å². The van der Waals surface area contributed by atoms with Crippen LogP contribution in [-0.2, 0) is 14.8 Å². The lowest BCUT2D eigenvalue weighted by atomic mass is 10.1. The van der Waals surface area contributed by atoms with Crippen molar-refractivity contribution in [1.82, 2.24) is 4.72 Å². The minimum atomic E-state index is -4.25. The lowest BCUT2D eigenvalue weighted by molar-refractivity contribution is -0.0437. The first-order valence-electron chi connectivity index (χ1n) is 5.80. The number of aliphatic hydroxyl groups is 1. The fourth-order valence-corrected chi connectivity index (χ4v) is 2.80. The number of aryl methyl sites for hydroxylation is 1. The average Bonchev–Trinajstić information content (AvgIpc) is 2.45. The highest BCUT2D eigenvalue weighted by molar-refractivity contribution is 7.89. The smallest absolute Gasteiger partial charge is 0.337 e. The van der Waals surface area contributed by atoms with E-state index in [1.807, 2.05) is 0 Å². The van der Waals surface area contributed by atoms with Gasteiger partial charge in [0.1, 0.15) is 6.61 Å². The first-order valence-corrected chi connectivity index (χ1v) is 7.28. The molecular weight excluding hydrogens is 308 g/mol. The molecule has 0 amide bonds. The van der Waals surface area contributed by atoms with Crippen LogP contribution in [0.5, 0.6) is 0 Å². The Labute approximate surface area is 120 Å². The lowest BCUT2D eigenvalue weighted by Gasteiger charge is -2.15. The number of rotatable bonds is 6. The zero-order chi connectivity index (χ0) is 16.3. The van der Waals surface area contributed by atoms with Crippen LogP contribution in [0.25, 0.3) is 0 Å². The van der Waals surface area contributed by atoms with Crippen LogP contribution in [0.3, 0.4) is 0 Å². The van der Waals surface area contributed by atoms with Crippen molar-refractivity contribution in [2.45, 2.75) is 17.7 Å². The van der Waals surface area contributed by atoms with Gasteiger partial charge in [-0.2, -0.15) is 0 Å². The first-order chi connectivity index (χ1) is 9.63. The van der Waals surface area contributed by atoms with Gasteiger partial charge in [0.25, 0.3) is 5.92 Å². The number of hydrogen-bond donors (Lipinski definition) is 2. The molecule has 0 aliphatic carbocycles. The van der Waals surface area contributed by atoms with E-state index in [9.17, 15) is 22.0 Å². The van der Waals surface area contributed by atoms with Crippen molar-refractivity contribution >= 4 is 16.0 Å². The molecule has 6 nitrogen and oxygen atoms in total. The van der Waals surface area contributed by atoms with E-state index in [0.29, 0.717) is 0 Å². The quantitative estimate of drug-likeness (QED) is 0.751. The van der Waals surface area contributed by atoms with Crippen LogP contribution >= 0.6 is 0 Å². The molecule has 1 aromatic rings. The fourth-order valence-electron chi connectivity index (χ4n) is 1.47. The summed E-state index contributed by atoms with van der Waals surface area (Å²) >= 11 is 0. The molecule has 0 fully saturated rings. The molecule has 0 aliphatic rings. The second-order valence-electron chi connectivity index (χ2n) is 4.31. The van der Waals surface area contributed by atoms with E-state index in [1.165, 1.54) is 19.1 Å². The Kier molecular flexibility index (Phi) is 5.37. The predicted molar refractivity (Wildman–Crippen MR) is 69.7 cm³/mol. The molecule has 118 valence electrons. The van der Waals surface area contributed by atoms with Crippen molar-refractivity contribution in [3.8, 4) is 0 Å². The van der Waals surface area contributed by atoms with Crippen LogP contribution in [0.4, 0.5) is 8.78 Å². The Bertz CT molecular complexity index is 631. The molecule has 9 heteroatoms. The van der Waals surface area contributed by atoms with Crippen molar-refractivity contribution in [2.75, 3.05) is 20.3 Å². The molecule has 0 aliphatic heterocycles. The molecular formula is C12H15F2NO5S. The van der Waals surface area contributed by atoms with Gasteiger partial charge >= 0.3 is 5.97 Å². The second kappa shape index (κ2) is 6.46. The molecule has 1 rings (SSSR count). The standard InChI is InChI=1S/C12H15F2NO5S/c1-8-3-4-9(11(17)20-2)5-10(8)21(18,19)15-6-12(13,14)7-16/h3-5,15-16H,6-7H2,1-2H3. The van der Waals surface area contributed by atoms with Crippen LogP contribution in [0, 0.1) is 6.92 Å². The summed E-state index contributed by atoms with van der Waals surface area (Å²) in [4.78, 5) is 11.1. The zero-order valence-corrected chi connectivity index (χ0v) is 12.2. The van der Waals surface area contributed by atoms with Crippen LogP contribution in [0.2, 0.25) is 0 Å². The maximum absolute atomic E-state index is 12.9. The Hall–Kier alpha value is -1.58. The maximum Gasteiger partial charge on any atom is 0.337 e. The van der Waals surface area contributed by atoms with E-state index in [0.717, 1.165) is 13.2 Å². The highest BCUT2D eigenvalue weighted by Gasteiger charge is 2.30. The van der Waals surface area contributed by atoms with Gasteiger partial charge in [0.2, 0.25) is 10.0 Å². The molecule has 21 heavy (non-hydrogen) atoms. The molecule has 0 bridgehead atoms. The molecule has 0 saturated heterocycles. The number of hydrogen-bond acceptors (Lipinski definition) is 5. The minimum Gasteiger partial charge on any atom is -0.465 e. The molecule has 0 heterocycles. The van der Waals surface area contributed by atoms with Gasteiger partial charge in [-0.1, -0.05) is 6.07 Å². The number of halogens is 2. The number of nitrogens with one attached hydrogen (secondary N) is 1. The highest BCUT2D eigenvalue weighted by Crippen LogP contribution is 2.19. The average molecular weight is 323 g/mol. The monoisotopic (exact) mass is 323 g/mol. The molecule has 2 N–H and O–H groups in total. The molecule has 0 unspecified atom stereocenters. The van der Waals surface area contributed by atoms with E-state index in [1.54, 1.807) is 4.72 Å². The third-order valence-corrected chi connectivity index (χ3v) is 4.19. The Morgan fingerprint density at radius 3 is 2.57 bits per heavy atom. The summed E-state index contributed by atoms with van der Waals surface area (Å²) in [6.07, 6.45) is 0. The molecule has 0 aromatic heterocycles.